The molecule has 0 aromatic heterocycles. The number of anilines is 1. The van der Waals surface area contributed by atoms with Crippen LogP contribution in [0.15, 0.2) is 24.3 Å². The van der Waals surface area contributed by atoms with Gasteiger partial charge in [-0.15, -0.1) is 0 Å². The van der Waals surface area contributed by atoms with Gasteiger partial charge in [-0.25, -0.2) is 0 Å². The Balaban J connectivity index is 1.76. The summed E-state index contributed by atoms with van der Waals surface area (Å²) in [6.45, 7) is 3.32. The topological polar surface area (TPSA) is 38.0 Å². The van der Waals surface area contributed by atoms with Crippen molar-refractivity contribution in [1.29, 1.82) is 0 Å². The van der Waals surface area contributed by atoms with Crippen LogP contribution in [0, 0.1) is 5.92 Å². The Kier molecular flexibility index (Phi) is 5.06. The maximum absolute atomic E-state index is 5.93. The summed E-state index contributed by atoms with van der Waals surface area (Å²) in [7, 11) is 0. The Hall–Kier alpha value is -1.02. The molecule has 100 valence electrons. The van der Waals surface area contributed by atoms with E-state index in [1.807, 2.05) is 0 Å². The normalized spacial score (nSPS) is 23.9. The van der Waals surface area contributed by atoms with Crippen molar-refractivity contribution in [2.24, 2.45) is 11.7 Å². The summed E-state index contributed by atoms with van der Waals surface area (Å²) in [5, 5.41) is 3.56. The fraction of sp³-hybridized carbons (Fsp3) is 0.625. The quantitative estimate of drug-likeness (QED) is 0.833. The Labute approximate surface area is 111 Å². The highest BCUT2D eigenvalue weighted by molar-refractivity contribution is 5.44. The minimum Gasteiger partial charge on any atom is -0.385 e. The summed E-state index contributed by atoms with van der Waals surface area (Å²) in [6.07, 6.45) is 7.35. The van der Waals surface area contributed by atoms with E-state index in [1.54, 1.807) is 0 Å². The van der Waals surface area contributed by atoms with Gasteiger partial charge in [0.15, 0.2) is 0 Å². The second-order valence-electron chi connectivity index (χ2n) is 5.61. The third-order valence-corrected chi connectivity index (χ3v) is 3.98. The molecule has 0 aliphatic heterocycles. The lowest BCUT2D eigenvalue weighted by atomic mass is 9.86. The first-order chi connectivity index (χ1) is 8.78. The molecule has 0 atom stereocenters. The monoisotopic (exact) mass is 246 g/mol. The molecule has 2 heteroatoms. The summed E-state index contributed by atoms with van der Waals surface area (Å²) in [5.74, 6) is 0.806. The molecule has 0 bridgehead atoms. The van der Waals surface area contributed by atoms with E-state index in [1.165, 1.54) is 49.8 Å². The van der Waals surface area contributed by atoms with Crippen LogP contribution in [0.3, 0.4) is 0 Å². The average molecular weight is 246 g/mol. The molecule has 0 amide bonds. The fourth-order valence-corrected chi connectivity index (χ4v) is 2.73. The van der Waals surface area contributed by atoms with Gasteiger partial charge in [0, 0.05) is 18.3 Å². The fourth-order valence-electron chi connectivity index (χ4n) is 2.73. The van der Waals surface area contributed by atoms with E-state index >= 15 is 0 Å². The Morgan fingerprint density at radius 3 is 2.39 bits per heavy atom. The summed E-state index contributed by atoms with van der Waals surface area (Å²) < 4.78 is 0. The van der Waals surface area contributed by atoms with E-state index < -0.39 is 0 Å². The van der Waals surface area contributed by atoms with Crippen LogP contribution < -0.4 is 11.1 Å². The second-order valence-corrected chi connectivity index (χ2v) is 5.61. The Morgan fingerprint density at radius 1 is 1.11 bits per heavy atom. The van der Waals surface area contributed by atoms with Gasteiger partial charge in [0.2, 0.25) is 0 Å². The highest BCUT2D eigenvalue weighted by Crippen LogP contribution is 2.23. The molecule has 0 radical (unpaired) electrons. The largest absolute Gasteiger partial charge is 0.385 e. The van der Waals surface area contributed by atoms with E-state index in [0.717, 1.165) is 12.5 Å². The molecule has 2 nitrogen and oxygen atoms in total. The predicted octanol–water partition coefficient (Wildman–Crippen LogP) is 3.57. The molecular weight excluding hydrogens is 220 g/mol. The van der Waals surface area contributed by atoms with Crippen molar-refractivity contribution in [1.82, 2.24) is 0 Å². The van der Waals surface area contributed by atoms with E-state index in [4.69, 9.17) is 5.73 Å². The van der Waals surface area contributed by atoms with Crippen molar-refractivity contribution in [3.63, 3.8) is 0 Å². The van der Waals surface area contributed by atoms with Gasteiger partial charge >= 0.3 is 0 Å². The lowest BCUT2D eigenvalue weighted by Crippen LogP contribution is -2.29. The number of hydrogen-bond acceptors (Lipinski definition) is 2. The highest BCUT2D eigenvalue weighted by atomic mass is 14.9. The number of nitrogens with one attached hydrogen (secondary N) is 1. The zero-order chi connectivity index (χ0) is 12.8. The number of aryl methyl sites for hydroxylation is 1. The number of nitrogens with two attached hydrogens (primary N) is 1. The first kappa shape index (κ1) is 13.4. The van der Waals surface area contributed by atoms with Gasteiger partial charge in [0.25, 0.3) is 0 Å². The van der Waals surface area contributed by atoms with E-state index in [0.29, 0.717) is 6.04 Å². The van der Waals surface area contributed by atoms with Crippen molar-refractivity contribution in [3.05, 3.63) is 29.8 Å². The van der Waals surface area contributed by atoms with Crippen LogP contribution in [0.1, 0.15) is 44.6 Å². The van der Waals surface area contributed by atoms with Crippen molar-refractivity contribution >= 4 is 5.69 Å². The molecule has 2 rings (SSSR count). The van der Waals surface area contributed by atoms with Gasteiger partial charge in [-0.1, -0.05) is 25.5 Å². The standard InChI is InChI=1S/C16H26N2/c1-2-3-13-6-10-16(11-7-13)18-12-14-4-8-15(17)9-5-14/h6-7,10-11,14-15,18H,2-5,8-9,12,17H2,1H3. The maximum atomic E-state index is 5.93. The summed E-state index contributed by atoms with van der Waals surface area (Å²) in [4.78, 5) is 0. The highest BCUT2D eigenvalue weighted by Gasteiger charge is 2.17. The maximum Gasteiger partial charge on any atom is 0.0340 e. The van der Waals surface area contributed by atoms with E-state index in [-0.39, 0.29) is 0 Å². The molecule has 1 fully saturated rings. The third kappa shape index (κ3) is 4.02. The van der Waals surface area contributed by atoms with Gasteiger partial charge in [-0.05, 0) is 55.7 Å². The van der Waals surface area contributed by atoms with Crippen LogP contribution in [0.2, 0.25) is 0 Å². The van der Waals surface area contributed by atoms with Gasteiger partial charge in [-0.2, -0.15) is 0 Å². The third-order valence-electron chi connectivity index (χ3n) is 3.98. The predicted molar refractivity (Wildman–Crippen MR) is 78.9 cm³/mol. The smallest absolute Gasteiger partial charge is 0.0340 e. The average Bonchev–Trinajstić information content (AvgIpc) is 2.40. The molecule has 1 aromatic rings. The van der Waals surface area contributed by atoms with Crippen molar-refractivity contribution in [2.75, 3.05) is 11.9 Å². The molecule has 1 saturated carbocycles. The first-order valence-electron chi connectivity index (χ1n) is 7.36. The molecule has 3 N–H and O–H groups in total. The minimum absolute atomic E-state index is 0.453. The van der Waals surface area contributed by atoms with Crippen molar-refractivity contribution < 1.29 is 0 Å². The van der Waals surface area contributed by atoms with Gasteiger partial charge < -0.3 is 11.1 Å². The van der Waals surface area contributed by atoms with E-state index in [9.17, 15) is 0 Å². The van der Waals surface area contributed by atoms with Crippen LogP contribution in [0.5, 0.6) is 0 Å². The van der Waals surface area contributed by atoms with Gasteiger partial charge in [0.05, 0.1) is 0 Å². The molecule has 1 aliphatic rings. The van der Waals surface area contributed by atoms with Gasteiger partial charge in [-0.3, -0.25) is 0 Å². The minimum atomic E-state index is 0.453. The lowest BCUT2D eigenvalue weighted by Gasteiger charge is -2.26. The molecule has 0 unspecified atom stereocenters. The van der Waals surface area contributed by atoms with Crippen LogP contribution >= 0.6 is 0 Å². The summed E-state index contributed by atoms with van der Waals surface area (Å²) in [5.41, 5.74) is 8.62. The van der Waals surface area contributed by atoms with Crippen LogP contribution in [0.25, 0.3) is 0 Å². The van der Waals surface area contributed by atoms with Crippen molar-refractivity contribution in [2.45, 2.75) is 51.5 Å². The van der Waals surface area contributed by atoms with Crippen LogP contribution in [0.4, 0.5) is 5.69 Å². The van der Waals surface area contributed by atoms with Crippen molar-refractivity contribution in [3.8, 4) is 0 Å². The number of hydrogen-bond donors (Lipinski definition) is 2. The van der Waals surface area contributed by atoms with Crippen LogP contribution in [-0.2, 0) is 6.42 Å². The number of rotatable bonds is 5. The Bertz CT molecular complexity index is 337. The lowest BCUT2D eigenvalue weighted by molar-refractivity contribution is 0.339. The second kappa shape index (κ2) is 6.79. The summed E-state index contributed by atoms with van der Waals surface area (Å²) >= 11 is 0. The zero-order valence-electron chi connectivity index (χ0n) is 11.5. The molecular formula is C16H26N2. The SMILES string of the molecule is CCCc1ccc(NCC2CCC(N)CC2)cc1. The molecule has 0 spiro atoms. The zero-order valence-corrected chi connectivity index (χ0v) is 11.5. The molecule has 0 saturated heterocycles. The van der Waals surface area contributed by atoms with Crippen LogP contribution in [-0.4, -0.2) is 12.6 Å². The van der Waals surface area contributed by atoms with Gasteiger partial charge in [0.1, 0.15) is 0 Å². The molecule has 1 aliphatic carbocycles. The van der Waals surface area contributed by atoms with E-state index in [2.05, 4.69) is 36.5 Å². The molecule has 18 heavy (non-hydrogen) atoms. The first-order valence-corrected chi connectivity index (χ1v) is 7.36. The molecule has 1 aromatic carbocycles. The number of benzene rings is 1. The summed E-state index contributed by atoms with van der Waals surface area (Å²) in [6, 6.07) is 9.35. The molecule has 0 heterocycles. The Morgan fingerprint density at radius 2 is 1.78 bits per heavy atom.